The molecule has 0 aliphatic carbocycles. The van der Waals surface area contributed by atoms with Crippen molar-refractivity contribution < 1.29 is 4.79 Å². The van der Waals surface area contributed by atoms with Crippen molar-refractivity contribution in [1.82, 2.24) is 30.3 Å². The molecule has 7 heteroatoms. The van der Waals surface area contributed by atoms with Crippen LogP contribution in [0.5, 0.6) is 0 Å². The van der Waals surface area contributed by atoms with Crippen LogP contribution >= 0.6 is 0 Å². The van der Waals surface area contributed by atoms with Crippen molar-refractivity contribution in [2.45, 2.75) is 38.8 Å². The van der Waals surface area contributed by atoms with Crippen LogP contribution in [0.1, 0.15) is 31.4 Å². The van der Waals surface area contributed by atoms with E-state index < -0.39 is 0 Å². The Labute approximate surface area is 161 Å². The van der Waals surface area contributed by atoms with Crippen LogP contribution in [0.2, 0.25) is 0 Å². The predicted molar refractivity (Wildman–Crippen MR) is 106 cm³/mol. The van der Waals surface area contributed by atoms with Crippen molar-refractivity contribution in [1.29, 1.82) is 0 Å². The first-order valence-electron chi connectivity index (χ1n) is 9.71. The van der Waals surface area contributed by atoms with Gasteiger partial charge in [-0.3, -0.25) is 14.3 Å². The number of hydrogen-bond donors (Lipinski definition) is 2. The molecule has 1 aliphatic rings. The lowest BCUT2D eigenvalue weighted by Crippen LogP contribution is -2.41. The SMILES string of the molecule is CNC(=O)[C@H](C)N(C)Cc1nnc(CC2CCNCC2)n1-c1ccccc1. The van der Waals surface area contributed by atoms with Gasteiger partial charge in [-0.2, -0.15) is 0 Å². The molecule has 1 aromatic heterocycles. The Morgan fingerprint density at radius 3 is 2.59 bits per heavy atom. The highest BCUT2D eigenvalue weighted by molar-refractivity contribution is 5.80. The van der Waals surface area contributed by atoms with Crippen LogP contribution in [0.4, 0.5) is 0 Å². The molecule has 27 heavy (non-hydrogen) atoms. The fourth-order valence-corrected chi connectivity index (χ4v) is 3.58. The van der Waals surface area contributed by atoms with Gasteiger partial charge in [-0.1, -0.05) is 18.2 Å². The Kier molecular flexibility index (Phi) is 6.58. The number of piperidine rings is 1. The van der Waals surface area contributed by atoms with Crippen molar-refractivity contribution in [3.05, 3.63) is 42.0 Å². The Morgan fingerprint density at radius 1 is 1.26 bits per heavy atom. The van der Waals surface area contributed by atoms with Gasteiger partial charge < -0.3 is 10.6 Å². The average molecular weight is 371 g/mol. The van der Waals surface area contributed by atoms with E-state index in [-0.39, 0.29) is 11.9 Å². The lowest BCUT2D eigenvalue weighted by atomic mass is 9.94. The molecular weight excluding hydrogens is 340 g/mol. The highest BCUT2D eigenvalue weighted by Crippen LogP contribution is 2.21. The molecule has 1 fully saturated rings. The Balaban J connectivity index is 1.86. The standard InChI is InChI=1S/C20H30N6O/c1-15(20(27)21-2)25(3)14-19-24-23-18(13-16-9-11-22-12-10-16)26(19)17-7-5-4-6-8-17/h4-8,15-16,22H,9-14H2,1-3H3,(H,21,27)/t15-/m0/s1. The van der Waals surface area contributed by atoms with Gasteiger partial charge in [-0.25, -0.2) is 0 Å². The number of nitrogens with zero attached hydrogens (tertiary/aromatic N) is 4. The number of nitrogens with one attached hydrogen (secondary N) is 2. The average Bonchev–Trinajstić information content (AvgIpc) is 3.10. The van der Waals surface area contributed by atoms with E-state index in [0.717, 1.165) is 36.8 Å². The molecule has 0 radical (unpaired) electrons. The van der Waals surface area contributed by atoms with E-state index in [1.165, 1.54) is 12.8 Å². The van der Waals surface area contributed by atoms with E-state index in [1.807, 2.05) is 37.1 Å². The van der Waals surface area contributed by atoms with Gasteiger partial charge in [0.1, 0.15) is 5.82 Å². The van der Waals surface area contributed by atoms with Crippen molar-refractivity contribution in [2.24, 2.45) is 5.92 Å². The molecule has 1 amide bonds. The molecule has 1 atom stereocenters. The summed E-state index contributed by atoms with van der Waals surface area (Å²) in [6, 6.07) is 10.0. The van der Waals surface area contributed by atoms with E-state index in [0.29, 0.717) is 12.5 Å². The molecule has 0 saturated carbocycles. The molecular formula is C20H30N6O. The first kappa shape index (κ1) is 19.5. The van der Waals surface area contributed by atoms with Crippen LogP contribution in [0, 0.1) is 5.92 Å². The first-order chi connectivity index (χ1) is 13.1. The van der Waals surface area contributed by atoms with Crippen molar-refractivity contribution >= 4 is 5.91 Å². The largest absolute Gasteiger partial charge is 0.358 e. The molecule has 1 saturated heterocycles. The molecule has 1 aromatic carbocycles. The summed E-state index contributed by atoms with van der Waals surface area (Å²) in [5.41, 5.74) is 1.07. The molecule has 0 spiro atoms. The smallest absolute Gasteiger partial charge is 0.236 e. The van der Waals surface area contributed by atoms with E-state index in [1.54, 1.807) is 7.05 Å². The van der Waals surface area contributed by atoms with Gasteiger partial charge in [0.05, 0.1) is 12.6 Å². The second-order valence-corrected chi connectivity index (χ2v) is 7.31. The van der Waals surface area contributed by atoms with Gasteiger partial charge in [-0.15, -0.1) is 10.2 Å². The number of rotatable bonds is 7. The van der Waals surface area contributed by atoms with Gasteiger partial charge >= 0.3 is 0 Å². The predicted octanol–water partition coefficient (Wildman–Crippen LogP) is 1.38. The zero-order valence-electron chi connectivity index (χ0n) is 16.5. The number of likely N-dealkylation sites (N-methyl/N-ethyl adjacent to an activating group) is 2. The Hall–Kier alpha value is -2.25. The summed E-state index contributed by atoms with van der Waals surface area (Å²) in [5, 5.41) is 15.1. The molecule has 0 bridgehead atoms. The highest BCUT2D eigenvalue weighted by Gasteiger charge is 2.23. The van der Waals surface area contributed by atoms with Crippen LogP contribution in [-0.4, -0.2) is 58.8 Å². The minimum absolute atomic E-state index is 0.00166. The number of carbonyl (C=O) groups is 1. The van der Waals surface area contributed by atoms with E-state index in [2.05, 4.69) is 37.5 Å². The minimum atomic E-state index is -0.233. The highest BCUT2D eigenvalue weighted by atomic mass is 16.2. The number of carbonyl (C=O) groups excluding carboxylic acids is 1. The number of aromatic nitrogens is 3. The first-order valence-corrected chi connectivity index (χ1v) is 9.71. The summed E-state index contributed by atoms with van der Waals surface area (Å²) in [5.74, 6) is 2.50. The van der Waals surface area contributed by atoms with Gasteiger partial charge in [-0.05, 0) is 58.0 Å². The van der Waals surface area contributed by atoms with Crippen LogP contribution in [0.15, 0.2) is 30.3 Å². The van der Waals surface area contributed by atoms with Crippen molar-refractivity contribution in [3.63, 3.8) is 0 Å². The maximum absolute atomic E-state index is 12.0. The number of amides is 1. The van der Waals surface area contributed by atoms with Gasteiger partial charge in [0.15, 0.2) is 5.82 Å². The van der Waals surface area contributed by atoms with Crippen molar-refractivity contribution in [3.8, 4) is 5.69 Å². The second-order valence-electron chi connectivity index (χ2n) is 7.31. The summed E-state index contributed by atoms with van der Waals surface area (Å²) in [6.45, 7) is 4.60. The fourth-order valence-electron chi connectivity index (χ4n) is 3.58. The molecule has 2 N–H and O–H groups in total. The zero-order valence-corrected chi connectivity index (χ0v) is 16.5. The summed E-state index contributed by atoms with van der Waals surface area (Å²) in [7, 11) is 3.60. The fraction of sp³-hybridized carbons (Fsp3) is 0.550. The molecule has 0 unspecified atom stereocenters. The van der Waals surface area contributed by atoms with E-state index in [4.69, 9.17) is 0 Å². The van der Waals surface area contributed by atoms with Crippen LogP contribution in [0.3, 0.4) is 0 Å². The van der Waals surface area contributed by atoms with Gasteiger partial charge in [0.2, 0.25) is 5.91 Å². The molecule has 7 nitrogen and oxygen atoms in total. The third-order valence-electron chi connectivity index (χ3n) is 5.42. The van der Waals surface area contributed by atoms with Gasteiger partial charge in [0, 0.05) is 19.2 Å². The molecule has 2 aromatic rings. The molecule has 3 rings (SSSR count). The zero-order chi connectivity index (χ0) is 19.2. The maximum atomic E-state index is 12.0. The number of benzene rings is 1. The number of para-hydroxylation sites is 1. The van der Waals surface area contributed by atoms with Gasteiger partial charge in [0.25, 0.3) is 0 Å². The topological polar surface area (TPSA) is 75.1 Å². The summed E-state index contributed by atoms with van der Waals surface area (Å²) in [6.07, 6.45) is 3.27. The molecule has 1 aliphatic heterocycles. The Morgan fingerprint density at radius 2 is 1.93 bits per heavy atom. The Bertz CT molecular complexity index is 738. The van der Waals surface area contributed by atoms with Crippen LogP contribution in [0.25, 0.3) is 5.69 Å². The number of hydrogen-bond acceptors (Lipinski definition) is 5. The summed E-state index contributed by atoms with van der Waals surface area (Å²) >= 11 is 0. The van der Waals surface area contributed by atoms with Crippen LogP contribution < -0.4 is 10.6 Å². The summed E-state index contributed by atoms with van der Waals surface area (Å²) < 4.78 is 2.16. The third-order valence-corrected chi connectivity index (χ3v) is 5.42. The van der Waals surface area contributed by atoms with Crippen LogP contribution in [-0.2, 0) is 17.8 Å². The third kappa shape index (κ3) is 4.73. The van der Waals surface area contributed by atoms with E-state index in [9.17, 15) is 4.79 Å². The second kappa shape index (κ2) is 9.10. The maximum Gasteiger partial charge on any atom is 0.236 e. The lowest BCUT2D eigenvalue weighted by molar-refractivity contribution is -0.125. The summed E-state index contributed by atoms with van der Waals surface area (Å²) in [4.78, 5) is 14.0. The van der Waals surface area contributed by atoms with Crippen molar-refractivity contribution in [2.75, 3.05) is 27.2 Å². The monoisotopic (exact) mass is 370 g/mol. The normalized spacial score (nSPS) is 16.4. The molecule has 146 valence electrons. The minimum Gasteiger partial charge on any atom is -0.358 e. The lowest BCUT2D eigenvalue weighted by Gasteiger charge is -2.24. The van der Waals surface area contributed by atoms with E-state index >= 15 is 0 Å². The molecule has 2 heterocycles. The quantitative estimate of drug-likeness (QED) is 0.770.